The molecule has 1 unspecified atom stereocenters. The van der Waals surface area contributed by atoms with E-state index in [0.29, 0.717) is 11.3 Å². The predicted octanol–water partition coefficient (Wildman–Crippen LogP) is 4.48. The fourth-order valence-corrected chi connectivity index (χ4v) is 4.19. The Hall–Kier alpha value is -3.81. The van der Waals surface area contributed by atoms with Gasteiger partial charge in [0.1, 0.15) is 11.5 Å². The first kappa shape index (κ1) is 24.3. The number of halogens is 3. The molecule has 1 aliphatic carbocycles. The smallest absolute Gasteiger partial charge is 0.417 e. The van der Waals surface area contributed by atoms with Gasteiger partial charge < -0.3 is 18.8 Å². The molecular weight excluding hydrogens is 465 g/mol. The molecule has 1 saturated heterocycles. The lowest BCUT2D eigenvalue weighted by molar-refractivity contribution is -0.138. The molecule has 4 rings (SSSR count). The standard InChI is InChI=1S/C24H23F3N4O4/c1-23(2)13-31(12-19-29-30-21(35-19)16-6-4-5-7-18(16)33-3)22(32)20(23)34-15-9-8-14(11-28)17(10-15)24(25,26)27/h6-10,20H,4-5,12-13H2,1-3H3. The summed E-state index contributed by atoms with van der Waals surface area (Å²) < 4.78 is 56.8. The summed E-state index contributed by atoms with van der Waals surface area (Å²) in [5.41, 5.74) is -1.66. The highest BCUT2D eigenvalue weighted by atomic mass is 19.4. The maximum Gasteiger partial charge on any atom is 0.417 e. The maximum atomic E-state index is 13.3. The van der Waals surface area contributed by atoms with E-state index in [1.165, 1.54) is 17.0 Å². The summed E-state index contributed by atoms with van der Waals surface area (Å²) in [6, 6.07) is 4.55. The van der Waals surface area contributed by atoms with Crippen molar-refractivity contribution in [3.8, 4) is 11.8 Å². The van der Waals surface area contributed by atoms with Crippen LogP contribution in [0.25, 0.3) is 5.57 Å². The molecule has 11 heteroatoms. The van der Waals surface area contributed by atoms with Gasteiger partial charge in [-0.1, -0.05) is 19.9 Å². The Morgan fingerprint density at radius 2 is 2.00 bits per heavy atom. The van der Waals surface area contributed by atoms with Gasteiger partial charge in [0.15, 0.2) is 6.10 Å². The number of ether oxygens (including phenoxy) is 2. The van der Waals surface area contributed by atoms with Crippen molar-refractivity contribution >= 4 is 11.5 Å². The zero-order valence-corrected chi connectivity index (χ0v) is 19.3. The number of methoxy groups -OCH3 is 1. The number of rotatable bonds is 6. The molecule has 1 aliphatic heterocycles. The number of nitrogens with zero attached hydrogens (tertiary/aromatic N) is 4. The van der Waals surface area contributed by atoms with Gasteiger partial charge in [-0.05, 0) is 37.1 Å². The van der Waals surface area contributed by atoms with Crippen LogP contribution in [0.15, 0.2) is 40.5 Å². The van der Waals surface area contributed by atoms with E-state index in [4.69, 9.17) is 19.2 Å². The Labute approximate surface area is 199 Å². The minimum Gasteiger partial charge on any atom is -0.496 e. The molecule has 1 aromatic heterocycles. The summed E-state index contributed by atoms with van der Waals surface area (Å²) in [6.45, 7) is 3.86. The molecule has 1 aromatic carbocycles. The number of allylic oxidation sites excluding steroid dienone is 3. The third-order valence-electron chi connectivity index (χ3n) is 5.87. The van der Waals surface area contributed by atoms with Crippen LogP contribution in [0.3, 0.4) is 0 Å². The van der Waals surface area contributed by atoms with Gasteiger partial charge in [0.2, 0.25) is 5.89 Å². The van der Waals surface area contributed by atoms with E-state index in [9.17, 15) is 18.0 Å². The number of hydrogen-bond acceptors (Lipinski definition) is 7. The number of alkyl halides is 3. The average Bonchev–Trinajstić information content (AvgIpc) is 3.36. The summed E-state index contributed by atoms with van der Waals surface area (Å²) in [7, 11) is 1.55. The van der Waals surface area contributed by atoms with Crippen LogP contribution < -0.4 is 4.74 Å². The molecular formula is C24H23F3N4O4. The van der Waals surface area contributed by atoms with E-state index < -0.39 is 34.7 Å². The van der Waals surface area contributed by atoms with Crippen LogP contribution >= 0.6 is 0 Å². The molecule has 1 amide bonds. The fraction of sp³-hybridized carbons (Fsp3) is 0.417. The monoisotopic (exact) mass is 488 g/mol. The lowest BCUT2D eigenvalue weighted by atomic mass is 9.89. The quantitative estimate of drug-likeness (QED) is 0.591. The Morgan fingerprint density at radius 3 is 2.69 bits per heavy atom. The second-order valence-electron chi connectivity index (χ2n) is 8.97. The minimum absolute atomic E-state index is 0.0234. The first-order valence-electron chi connectivity index (χ1n) is 10.9. The molecule has 184 valence electrons. The molecule has 0 N–H and O–H groups in total. The second kappa shape index (κ2) is 9.09. The molecule has 2 aliphatic rings. The van der Waals surface area contributed by atoms with Crippen molar-refractivity contribution in [1.82, 2.24) is 15.1 Å². The molecule has 0 radical (unpaired) electrons. The van der Waals surface area contributed by atoms with E-state index in [1.54, 1.807) is 21.0 Å². The predicted molar refractivity (Wildman–Crippen MR) is 116 cm³/mol. The Balaban J connectivity index is 1.51. The topological polar surface area (TPSA) is 101 Å². The Kier molecular flexibility index (Phi) is 6.32. The summed E-state index contributed by atoms with van der Waals surface area (Å²) in [5.74, 6) is 0.571. The molecule has 2 aromatic rings. The molecule has 35 heavy (non-hydrogen) atoms. The van der Waals surface area contributed by atoms with Crippen LogP contribution in [0.4, 0.5) is 13.2 Å². The van der Waals surface area contributed by atoms with Crippen molar-refractivity contribution in [2.45, 2.75) is 45.5 Å². The van der Waals surface area contributed by atoms with Gasteiger partial charge in [-0.25, -0.2) is 0 Å². The molecule has 0 bridgehead atoms. The van der Waals surface area contributed by atoms with E-state index in [2.05, 4.69) is 10.2 Å². The summed E-state index contributed by atoms with van der Waals surface area (Å²) >= 11 is 0. The average molecular weight is 488 g/mol. The molecule has 2 heterocycles. The fourth-order valence-electron chi connectivity index (χ4n) is 4.19. The highest BCUT2D eigenvalue weighted by Crippen LogP contribution is 2.38. The summed E-state index contributed by atoms with van der Waals surface area (Å²) in [5, 5.41) is 17.1. The van der Waals surface area contributed by atoms with Gasteiger partial charge >= 0.3 is 6.18 Å². The van der Waals surface area contributed by atoms with Crippen molar-refractivity contribution < 1.29 is 31.9 Å². The molecule has 8 nitrogen and oxygen atoms in total. The zero-order valence-electron chi connectivity index (χ0n) is 19.3. The van der Waals surface area contributed by atoms with Crippen LogP contribution in [-0.2, 0) is 22.3 Å². The number of benzene rings is 1. The van der Waals surface area contributed by atoms with Gasteiger partial charge in [0, 0.05) is 12.0 Å². The lowest BCUT2D eigenvalue weighted by Crippen LogP contribution is -2.36. The zero-order chi connectivity index (χ0) is 25.4. The Morgan fingerprint density at radius 1 is 1.26 bits per heavy atom. The van der Waals surface area contributed by atoms with Crippen molar-refractivity contribution in [1.29, 1.82) is 5.26 Å². The lowest BCUT2D eigenvalue weighted by Gasteiger charge is -2.24. The van der Waals surface area contributed by atoms with E-state index in [1.807, 2.05) is 12.2 Å². The summed E-state index contributed by atoms with van der Waals surface area (Å²) in [4.78, 5) is 14.6. The largest absolute Gasteiger partial charge is 0.496 e. The van der Waals surface area contributed by atoms with Crippen LogP contribution in [-0.4, -0.2) is 40.8 Å². The highest BCUT2D eigenvalue weighted by molar-refractivity contribution is 5.84. The van der Waals surface area contributed by atoms with Crippen LogP contribution in [0.1, 0.15) is 49.6 Å². The van der Waals surface area contributed by atoms with Crippen LogP contribution in [0.5, 0.6) is 5.75 Å². The second-order valence-corrected chi connectivity index (χ2v) is 8.97. The molecule has 0 spiro atoms. The number of nitriles is 1. The normalized spacial score (nSPS) is 19.7. The van der Waals surface area contributed by atoms with Crippen LogP contribution in [0.2, 0.25) is 0 Å². The van der Waals surface area contributed by atoms with Gasteiger partial charge in [0.25, 0.3) is 11.8 Å². The third-order valence-corrected chi connectivity index (χ3v) is 5.87. The van der Waals surface area contributed by atoms with E-state index in [0.717, 1.165) is 25.0 Å². The minimum atomic E-state index is -4.73. The first-order chi connectivity index (χ1) is 16.5. The third kappa shape index (κ3) is 4.87. The molecule has 1 atom stereocenters. The van der Waals surface area contributed by atoms with Gasteiger partial charge in [0.05, 0.1) is 36.4 Å². The number of carbonyl (C=O) groups excluding carboxylic acids is 1. The van der Waals surface area contributed by atoms with Crippen molar-refractivity contribution in [2.75, 3.05) is 13.7 Å². The van der Waals surface area contributed by atoms with Gasteiger partial charge in [-0.2, -0.15) is 18.4 Å². The van der Waals surface area contributed by atoms with Gasteiger partial charge in [-0.3, -0.25) is 4.79 Å². The number of amides is 1. The highest BCUT2D eigenvalue weighted by Gasteiger charge is 2.48. The van der Waals surface area contributed by atoms with E-state index in [-0.39, 0.29) is 30.6 Å². The number of carbonyl (C=O) groups is 1. The van der Waals surface area contributed by atoms with E-state index >= 15 is 0 Å². The molecule has 1 fully saturated rings. The number of likely N-dealkylation sites (tertiary alicyclic amines) is 1. The first-order valence-corrected chi connectivity index (χ1v) is 10.9. The van der Waals surface area contributed by atoms with Gasteiger partial charge in [-0.15, -0.1) is 10.2 Å². The Bertz CT molecular complexity index is 1240. The summed E-state index contributed by atoms with van der Waals surface area (Å²) in [6.07, 6.45) is -0.243. The SMILES string of the molecule is COC1=CCCC=C1c1nnc(CN2CC(C)(C)C(Oc3ccc(C#N)c(C(F)(F)F)c3)C2=O)o1. The van der Waals surface area contributed by atoms with Crippen molar-refractivity contribution in [2.24, 2.45) is 5.41 Å². The number of hydrogen-bond donors (Lipinski definition) is 0. The van der Waals surface area contributed by atoms with Crippen LogP contribution in [0, 0.1) is 16.7 Å². The van der Waals surface area contributed by atoms with Crippen molar-refractivity contribution in [3.63, 3.8) is 0 Å². The molecule has 0 saturated carbocycles. The number of aromatic nitrogens is 2. The van der Waals surface area contributed by atoms with Crippen molar-refractivity contribution in [3.05, 3.63) is 59.0 Å². The maximum absolute atomic E-state index is 13.3.